The van der Waals surface area contributed by atoms with Gasteiger partial charge in [-0.3, -0.25) is 0 Å². The molecule has 3 nitrogen and oxygen atoms in total. The predicted molar refractivity (Wildman–Crippen MR) is 88.5 cm³/mol. The van der Waals surface area contributed by atoms with Crippen LogP contribution in [0.4, 0.5) is 4.79 Å². The lowest BCUT2D eigenvalue weighted by atomic mass is 9.97. The summed E-state index contributed by atoms with van der Waals surface area (Å²) < 4.78 is 5.54. The summed E-state index contributed by atoms with van der Waals surface area (Å²) in [5.74, 6) is 0. The zero-order chi connectivity index (χ0) is 15.7. The van der Waals surface area contributed by atoms with E-state index in [0.717, 1.165) is 32.2 Å². The van der Waals surface area contributed by atoms with E-state index in [1.807, 2.05) is 31.7 Å². The summed E-state index contributed by atoms with van der Waals surface area (Å²) in [7, 11) is 0. The van der Waals surface area contributed by atoms with Crippen molar-refractivity contribution in [1.29, 1.82) is 0 Å². The van der Waals surface area contributed by atoms with Crippen molar-refractivity contribution in [2.45, 2.75) is 90.2 Å². The van der Waals surface area contributed by atoms with Gasteiger partial charge < -0.3 is 9.64 Å². The Morgan fingerprint density at radius 1 is 1.24 bits per heavy atom. The molecule has 3 heteroatoms. The molecule has 1 aliphatic heterocycles. The monoisotopic (exact) mass is 295 g/mol. The first-order chi connectivity index (χ1) is 9.94. The third kappa shape index (κ3) is 7.54. The van der Waals surface area contributed by atoms with Crippen LogP contribution in [0.3, 0.4) is 0 Å². The van der Waals surface area contributed by atoms with E-state index < -0.39 is 5.60 Å². The van der Waals surface area contributed by atoms with Crippen LogP contribution in [0, 0.1) is 0 Å². The number of hydrogen-bond acceptors (Lipinski definition) is 2. The molecule has 1 heterocycles. The quantitative estimate of drug-likeness (QED) is 0.471. The molecule has 0 spiro atoms. The van der Waals surface area contributed by atoms with Gasteiger partial charge in [-0.1, -0.05) is 25.3 Å². The second-order valence-electron chi connectivity index (χ2n) is 7.10. The fourth-order valence-electron chi connectivity index (χ4n) is 2.88. The number of piperidine rings is 1. The Hall–Kier alpha value is -0.990. The van der Waals surface area contributed by atoms with Crippen LogP contribution in [0.15, 0.2) is 12.7 Å². The highest BCUT2D eigenvalue weighted by Gasteiger charge is 2.29. The lowest BCUT2D eigenvalue weighted by molar-refractivity contribution is 0.00858. The average molecular weight is 295 g/mol. The van der Waals surface area contributed by atoms with Crippen molar-refractivity contribution >= 4 is 6.09 Å². The number of carbonyl (C=O) groups excluding carboxylic acids is 1. The summed E-state index contributed by atoms with van der Waals surface area (Å²) in [6.45, 7) is 10.4. The maximum absolute atomic E-state index is 12.3. The predicted octanol–water partition coefficient (Wildman–Crippen LogP) is 5.30. The van der Waals surface area contributed by atoms with Gasteiger partial charge >= 0.3 is 6.09 Å². The minimum atomic E-state index is -0.399. The molecule has 1 atom stereocenters. The van der Waals surface area contributed by atoms with Gasteiger partial charge in [-0.2, -0.15) is 0 Å². The highest BCUT2D eigenvalue weighted by molar-refractivity contribution is 5.68. The van der Waals surface area contributed by atoms with Crippen LogP contribution in [0.25, 0.3) is 0 Å². The maximum Gasteiger partial charge on any atom is 0.410 e. The molecular formula is C18H33NO2. The second kappa shape index (κ2) is 9.11. The van der Waals surface area contributed by atoms with Crippen molar-refractivity contribution in [2.24, 2.45) is 0 Å². The van der Waals surface area contributed by atoms with E-state index in [0.29, 0.717) is 6.04 Å². The van der Waals surface area contributed by atoms with E-state index in [1.54, 1.807) is 0 Å². The normalized spacial score (nSPS) is 19.4. The van der Waals surface area contributed by atoms with Crippen molar-refractivity contribution in [1.82, 2.24) is 4.90 Å². The van der Waals surface area contributed by atoms with Gasteiger partial charge in [0.15, 0.2) is 0 Å². The van der Waals surface area contributed by atoms with E-state index in [9.17, 15) is 4.79 Å². The van der Waals surface area contributed by atoms with Crippen molar-refractivity contribution in [3.05, 3.63) is 12.7 Å². The molecule has 0 aliphatic carbocycles. The molecule has 0 radical (unpaired) electrons. The molecule has 0 aromatic heterocycles. The molecule has 1 fully saturated rings. The Labute approximate surface area is 130 Å². The lowest BCUT2D eigenvalue weighted by Gasteiger charge is -2.36. The Bertz CT molecular complexity index is 320. The van der Waals surface area contributed by atoms with E-state index in [1.165, 1.54) is 32.1 Å². The number of ether oxygens (including phenoxy) is 1. The van der Waals surface area contributed by atoms with Gasteiger partial charge in [0.25, 0.3) is 0 Å². The van der Waals surface area contributed by atoms with Gasteiger partial charge in [0.05, 0.1) is 0 Å². The molecule has 122 valence electrons. The number of nitrogens with zero attached hydrogens (tertiary/aromatic N) is 1. The van der Waals surface area contributed by atoms with E-state index in [2.05, 4.69) is 6.58 Å². The van der Waals surface area contributed by atoms with Gasteiger partial charge in [0.1, 0.15) is 5.60 Å². The third-order valence-electron chi connectivity index (χ3n) is 3.95. The number of hydrogen-bond donors (Lipinski definition) is 0. The number of allylic oxidation sites excluding steroid dienone is 1. The topological polar surface area (TPSA) is 29.5 Å². The minimum absolute atomic E-state index is 0.126. The fourth-order valence-corrected chi connectivity index (χ4v) is 2.88. The molecule has 0 aromatic carbocycles. The molecule has 0 aromatic rings. The van der Waals surface area contributed by atoms with Crippen molar-refractivity contribution in [2.75, 3.05) is 6.54 Å². The van der Waals surface area contributed by atoms with E-state index in [4.69, 9.17) is 4.74 Å². The first-order valence-corrected chi connectivity index (χ1v) is 8.54. The summed E-state index contributed by atoms with van der Waals surface area (Å²) >= 11 is 0. The van der Waals surface area contributed by atoms with Gasteiger partial charge in [0, 0.05) is 12.6 Å². The first-order valence-electron chi connectivity index (χ1n) is 8.54. The summed E-state index contributed by atoms with van der Waals surface area (Å²) in [5.41, 5.74) is -0.399. The van der Waals surface area contributed by atoms with Crippen molar-refractivity contribution < 1.29 is 9.53 Å². The molecule has 1 amide bonds. The zero-order valence-corrected chi connectivity index (χ0v) is 14.2. The van der Waals surface area contributed by atoms with Crippen LogP contribution in [0.1, 0.15) is 78.6 Å². The summed E-state index contributed by atoms with van der Waals surface area (Å²) in [6.07, 6.45) is 12.6. The highest BCUT2D eigenvalue weighted by Crippen LogP contribution is 2.24. The van der Waals surface area contributed by atoms with Crippen LogP contribution in [0.2, 0.25) is 0 Å². The van der Waals surface area contributed by atoms with Crippen LogP contribution in [0.5, 0.6) is 0 Å². The number of amides is 1. The van der Waals surface area contributed by atoms with Crippen molar-refractivity contribution in [3.8, 4) is 0 Å². The third-order valence-corrected chi connectivity index (χ3v) is 3.95. The van der Waals surface area contributed by atoms with Gasteiger partial charge in [-0.15, -0.1) is 6.58 Å². The smallest absolute Gasteiger partial charge is 0.410 e. The fraction of sp³-hybridized carbons (Fsp3) is 0.833. The van der Waals surface area contributed by atoms with Gasteiger partial charge in [-0.05, 0) is 59.3 Å². The van der Waals surface area contributed by atoms with E-state index >= 15 is 0 Å². The van der Waals surface area contributed by atoms with Crippen LogP contribution < -0.4 is 0 Å². The molecule has 0 unspecified atom stereocenters. The molecule has 1 rings (SSSR count). The van der Waals surface area contributed by atoms with Crippen molar-refractivity contribution in [3.63, 3.8) is 0 Å². The minimum Gasteiger partial charge on any atom is -0.444 e. The molecule has 1 saturated heterocycles. The molecular weight excluding hydrogens is 262 g/mol. The second-order valence-corrected chi connectivity index (χ2v) is 7.10. The molecule has 0 bridgehead atoms. The first kappa shape index (κ1) is 18.1. The van der Waals surface area contributed by atoms with Crippen LogP contribution >= 0.6 is 0 Å². The zero-order valence-electron chi connectivity index (χ0n) is 14.2. The lowest BCUT2D eigenvalue weighted by Crippen LogP contribution is -2.46. The Morgan fingerprint density at radius 3 is 2.62 bits per heavy atom. The maximum atomic E-state index is 12.3. The number of rotatable bonds is 7. The molecule has 1 aliphatic rings. The standard InChI is InChI=1S/C18H33NO2/c1-5-6-7-8-9-10-13-16-14-11-12-15-19(16)17(20)21-18(2,3)4/h5,16H,1,6-15H2,2-4H3/t16-/m1/s1. The molecule has 0 N–H and O–H groups in total. The highest BCUT2D eigenvalue weighted by atomic mass is 16.6. The van der Waals surface area contributed by atoms with Gasteiger partial charge in [0.2, 0.25) is 0 Å². The summed E-state index contributed by atoms with van der Waals surface area (Å²) in [6, 6.07) is 0.382. The summed E-state index contributed by atoms with van der Waals surface area (Å²) in [4.78, 5) is 14.3. The Balaban J connectivity index is 2.35. The Kier molecular flexibility index (Phi) is 7.84. The summed E-state index contributed by atoms with van der Waals surface area (Å²) in [5, 5.41) is 0. The largest absolute Gasteiger partial charge is 0.444 e. The Morgan fingerprint density at radius 2 is 1.95 bits per heavy atom. The molecule has 21 heavy (non-hydrogen) atoms. The SMILES string of the molecule is C=CCCCCCC[C@@H]1CCCCN1C(=O)OC(C)(C)C. The van der Waals surface area contributed by atoms with Crippen LogP contribution in [-0.2, 0) is 4.74 Å². The van der Waals surface area contributed by atoms with Crippen LogP contribution in [-0.4, -0.2) is 29.2 Å². The van der Waals surface area contributed by atoms with Gasteiger partial charge in [-0.25, -0.2) is 4.79 Å². The number of unbranched alkanes of at least 4 members (excludes halogenated alkanes) is 4. The van der Waals surface area contributed by atoms with E-state index in [-0.39, 0.29) is 6.09 Å². The average Bonchev–Trinajstić information content (AvgIpc) is 2.41. The molecule has 0 saturated carbocycles. The number of likely N-dealkylation sites (tertiary alicyclic amines) is 1. The number of carbonyl (C=O) groups is 1.